The van der Waals surface area contributed by atoms with Gasteiger partial charge in [-0.05, 0) is 61.4 Å². The van der Waals surface area contributed by atoms with Crippen LogP contribution in [0.15, 0.2) is 53.1 Å². The van der Waals surface area contributed by atoms with Crippen molar-refractivity contribution >= 4 is 23.3 Å². The molecule has 0 saturated carbocycles. The summed E-state index contributed by atoms with van der Waals surface area (Å²) in [6.07, 6.45) is 1.58. The third-order valence-electron chi connectivity index (χ3n) is 4.44. The highest BCUT2D eigenvalue weighted by Gasteiger charge is 2.34. The lowest BCUT2D eigenvalue weighted by Gasteiger charge is -2.22. The summed E-state index contributed by atoms with van der Waals surface area (Å²) < 4.78 is 18.5. The third kappa shape index (κ3) is 3.78. The molecule has 1 fully saturated rings. The molecule has 2 aromatic carbocycles. The Morgan fingerprint density at radius 2 is 1.93 bits per heavy atom. The first kappa shape index (κ1) is 17.5. The molecule has 0 bridgehead atoms. The Hall–Kier alpha value is -2.93. The molecule has 8 heteroatoms. The topological polar surface area (TPSA) is 71.3 Å². The molecule has 1 aliphatic rings. The maximum atomic E-state index is 13.1. The zero-order valence-corrected chi connectivity index (χ0v) is 15.0. The molecule has 1 saturated heterocycles. The molecule has 0 radical (unpaired) electrons. The molecule has 1 aromatic heterocycles. The fourth-order valence-corrected chi connectivity index (χ4v) is 3.21. The lowest BCUT2D eigenvalue weighted by molar-refractivity contribution is 0.193. The predicted molar refractivity (Wildman–Crippen MR) is 98.8 cm³/mol. The number of hydrogen-bond acceptors (Lipinski definition) is 4. The number of hydrogen-bond donors (Lipinski definition) is 1. The van der Waals surface area contributed by atoms with E-state index in [0.717, 1.165) is 12.8 Å². The molecule has 1 atom stereocenters. The Kier molecular flexibility index (Phi) is 4.77. The van der Waals surface area contributed by atoms with E-state index in [1.165, 1.54) is 12.1 Å². The monoisotopic (exact) mass is 386 g/mol. The molecule has 138 valence electrons. The standard InChI is InChI=1S/C19H16ClFN4O2/c20-13-5-9-15(10-6-13)22-19(26)25-11-1-2-16(25)18-23-17(24-27-18)12-3-7-14(21)8-4-12/h3-10,16H,1-2,11H2,(H,22,26). The molecule has 0 aliphatic carbocycles. The summed E-state index contributed by atoms with van der Waals surface area (Å²) in [5.41, 5.74) is 1.31. The Bertz CT molecular complexity index is 943. The van der Waals surface area contributed by atoms with E-state index >= 15 is 0 Å². The summed E-state index contributed by atoms with van der Waals surface area (Å²) in [6.45, 7) is 0.596. The Balaban J connectivity index is 1.50. The van der Waals surface area contributed by atoms with E-state index in [1.807, 2.05) is 0 Å². The van der Waals surface area contributed by atoms with Crippen LogP contribution in [0.25, 0.3) is 11.4 Å². The van der Waals surface area contributed by atoms with Crippen LogP contribution in [0.3, 0.4) is 0 Å². The number of benzene rings is 2. The molecule has 1 unspecified atom stereocenters. The quantitative estimate of drug-likeness (QED) is 0.695. The fraction of sp³-hybridized carbons (Fsp3) is 0.211. The number of nitrogens with zero attached hydrogens (tertiary/aromatic N) is 3. The first-order valence-corrected chi connectivity index (χ1v) is 8.91. The number of anilines is 1. The lowest BCUT2D eigenvalue weighted by Crippen LogP contribution is -2.34. The first-order chi connectivity index (χ1) is 13.1. The summed E-state index contributed by atoms with van der Waals surface area (Å²) in [6, 6.07) is 12.2. The Morgan fingerprint density at radius 3 is 2.67 bits per heavy atom. The van der Waals surface area contributed by atoms with Gasteiger partial charge in [-0.3, -0.25) is 0 Å². The third-order valence-corrected chi connectivity index (χ3v) is 4.69. The smallest absolute Gasteiger partial charge is 0.322 e. The summed E-state index contributed by atoms with van der Waals surface area (Å²) in [5, 5.41) is 7.42. The maximum absolute atomic E-state index is 13.1. The van der Waals surface area contributed by atoms with Gasteiger partial charge in [-0.15, -0.1) is 0 Å². The minimum atomic E-state index is -0.330. The van der Waals surface area contributed by atoms with Crippen LogP contribution < -0.4 is 5.32 Å². The molecular formula is C19H16ClFN4O2. The molecule has 1 aliphatic heterocycles. The van der Waals surface area contributed by atoms with Gasteiger partial charge in [-0.1, -0.05) is 16.8 Å². The van der Waals surface area contributed by atoms with Crippen molar-refractivity contribution in [2.24, 2.45) is 0 Å². The van der Waals surface area contributed by atoms with Crippen molar-refractivity contribution in [1.29, 1.82) is 0 Å². The number of urea groups is 1. The predicted octanol–water partition coefficient (Wildman–Crippen LogP) is 4.90. The average Bonchev–Trinajstić information content (AvgIpc) is 3.33. The fourth-order valence-electron chi connectivity index (χ4n) is 3.08. The van der Waals surface area contributed by atoms with E-state index < -0.39 is 0 Å². The Labute approximate surface area is 159 Å². The second-order valence-electron chi connectivity index (χ2n) is 6.25. The number of amides is 2. The minimum Gasteiger partial charge on any atom is -0.337 e. The summed E-state index contributed by atoms with van der Waals surface area (Å²) in [7, 11) is 0. The Morgan fingerprint density at radius 1 is 1.19 bits per heavy atom. The van der Waals surface area contributed by atoms with E-state index in [-0.39, 0.29) is 17.9 Å². The van der Waals surface area contributed by atoms with Crippen LogP contribution in [0.2, 0.25) is 5.02 Å². The van der Waals surface area contributed by atoms with Crippen LogP contribution in [-0.4, -0.2) is 27.6 Å². The van der Waals surface area contributed by atoms with Crippen molar-refractivity contribution in [3.63, 3.8) is 0 Å². The van der Waals surface area contributed by atoms with Crippen molar-refractivity contribution in [2.45, 2.75) is 18.9 Å². The van der Waals surface area contributed by atoms with Gasteiger partial charge in [0.1, 0.15) is 11.9 Å². The molecule has 2 amide bonds. The average molecular weight is 387 g/mol. The van der Waals surface area contributed by atoms with E-state index in [4.69, 9.17) is 16.1 Å². The summed E-state index contributed by atoms with van der Waals surface area (Å²) in [4.78, 5) is 18.7. The van der Waals surface area contributed by atoms with Crippen molar-refractivity contribution < 1.29 is 13.7 Å². The molecule has 3 aromatic rings. The van der Waals surface area contributed by atoms with Gasteiger partial charge in [0.2, 0.25) is 11.7 Å². The van der Waals surface area contributed by atoms with Gasteiger partial charge >= 0.3 is 6.03 Å². The van der Waals surface area contributed by atoms with Gasteiger partial charge in [0.25, 0.3) is 0 Å². The molecular weight excluding hydrogens is 371 g/mol. The number of aromatic nitrogens is 2. The largest absolute Gasteiger partial charge is 0.337 e. The van der Waals surface area contributed by atoms with Gasteiger partial charge in [0, 0.05) is 22.8 Å². The van der Waals surface area contributed by atoms with Crippen molar-refractivity contribution in [2.75, 3.05) is 11.9 Å². The van der Waals surface area contributed by atoms with Crippen molar-refractivity contribution in [3.8, 4) is 11.4 Å². The number of carbonyl (C=O) groups excluding carboxylic acids is 1. The van der Waals surface area contributed by atoms with Crippen LogP contribution in [0, 0.1) is 5.82 Å². The molecule has 6 nitrogen and oxygen atoms in total. The molecule has 27 heavy (non-hydrogen) atoms. The van der Waals surface area contributed by atoms with E-state index in [1.54, 1.807) is 41.3 Å². The lowest BCUT2D eigenvalue weighted by atomic mass is 10.2. The zero-order valence-electron chi connectivity index (χ0n) is 14.2. The van der Waals surface area contributed by atoms with Gasteiger partial charge < -0.3 is 14.7 Å². The highest BCUT2D eigenvalue weighted by molar-refractivity contribution is 6.30. The van der Waals surface area contributed by atoms with Crippen LogP contribution in [0.4, 0.5) is 14.9 Å². The van der Waals surface area contributed by atoms with Crippen LogP contribution in [-0.2, 0) is 0 Å². The summed E-state index contributed by atoms with van der Waals surface area (Å²) >= 11 is 5.87. The second kappa shape index (κ2) is 7.36. The first-order valence-electron chi connectivity index (χ1n) is 8.53. The van der Waals surface area contributed by atoms with Gasteiger partial charge in [0.05, 0.1) is 0 Å². The normalized spacial score (nSPS) is 16.5. The SMILES string of the molecule is O=C(Nc1ccc(Cl)cc1)N1CCCC1c1nc(-c2ccc(F)cc2)no1. The molecule has 1 N–H and O–H groups in total. The molecule has 2 heterocycles. The number of nitrogens with one attached hydrogen (secondary N) is 1. The molecule has 0 spiro atoms. The van der Waals surface area contributed by atoms with Crippen molar-refractivity contribution in [3.05, 3.63) is 65.3 Å². The van der Waals surface area contributed by atoms with Gasteiger partial charge in [-0.2, -0.15) is 4.98 Å². The van der Waals surface area contributed by atoms with E-state index in [2.05, 4.69) is 15.5 Å². The van der Waals surface area contributed by atoms with E-state index in [9.17, 15) is 9.18 Å². The zero-order chi connectivity index (χ0) is 18.8. The second-order valence-corrected chi connectivity index (χ2v) is 6.69. The van der Waals surface area contributed by atoms with Crippen LogP contribution >= 0.6 is 11.6 Å². The number of rotatable bonds is 3. The highest BCUT2D eigenvalue weighted by Crippen LogP contribution is 2.32. The van der Waals surface area contributed by atoms with Gasteiger partial charge in [-0.25, -0.2) is 9.18 Å². The summed E-state index contributed by atoms with van der Waals surface area (Å²) in [5.74, 6) is 0.413. The number of likely N-dealkylation sites (tertiary alicyclic amines) is 1. The van der Waals surface area contributed by atoms with Gasteiger partial charge in [0.15, 0.2) is 0 Å². The van der Waals surface area contributed by atoms with Crippen LogP contribution in [0.5, 0.6) is 0 Å². The van der Waals surface area contributed by atoms with E-state index in [0.29, 0.717) is 34.5 Å². The van der Waals surface area contributed by atoms with Crippen LogP contribution in [0.1, 0.15) is 24.8 Å². The number of carbonyl (C=O) groups is 1. The maximum Gasteiger partial charge on any atom is 0.322 e. The van der Waals surface area contributed by atoms with Crippen molar-refractivity contribution in [1.82, 2.24) is 15.0 Å². The number of halogens is 2. The highest BCUT2D eigenvalue weighted by atomic mass is 35.5. The molecule has 4 rings (SSSR count). The minimum absolute atomic E-state index is 0.235.